The SMILES string of the molecule is Cc1ccc(-c2cc(C(=O)N3CCN(Cc4ccccc4)CC3)nn2C)cc1C. The van der Waals surface area contributed by atoms with Crippen LogP contribution in [0.15, 0.2) is 54.6 Å². The molecule has 2 aromatic carbocycles. The number of rotatable bonds is 4. The van der Waals surface area contributed by atoms with Gasteiger partial charge in [0, 0.05) is 45.3 Å². The van der Waals surface area contributed by atoms with Crippen molar-refractivity contribution in [3.63, 3.8) is 0 Å². The van der Waals surface area contributed by atoms with E-state index in [2.05, 4.69) is 66.3 Å². The highest BCUT2D eigenvalue weighted by Gasteiger charge is 2.24. The molecule has 3 aromatic rings. The second-order valence-electron chi connectivity index (χ2n) is 7.89. The lowest BCUT2D eigenvalue weighted by Gasteiger charge is -2.34. The third-order valence-corrected chi connectivity index (χ3v) is 5.81. The molecule has 1 saturated heterocycles. The van der Waals surface area contributed by atoms with E-state index in [9.17, 15) is 4.79 Å². The predicted octanol–water partition coefficient (Wildman–Crippen LogP) is 3.66. The number of hydrogen-bond donors (Lipinski definition) is 0. The largest absolute Gasteiger partial charge is 0.335 e. The highest BCUT2D eigenvalue weighted by atomic mass is 16.2. The Labute approximate surface area is 172 Å². The minimum absolute atomic E-state index is 0.0232. The molecule has 2 heterocycles. The van der Waals surface area contributed by atoms with Gasteiger partial charge < -0.3 is 4.90 Å². The summed E-state index contributed by atoms with van der Waals surface area (Å²) in [5.74, 6) is 0.0232. The van der Waals surface area contributed by atoms with E-state index in [-0.39, 0.29) is 5.91 Å². The van der Waals surface area contributed by atoms with Crippen molar-refractivity contribution in [3.05, 3.63) is 77.0 Å². The van der Waals surface area contributed by atoms with Crippen molar-refractivity contribution >= 4 is 5.91 Å². The van der Waals surface area contributed by atoms with Gasteiger partial charge in [-0.25, -0.2) is 0 Å². The van der Waals surface area contributed by atoms with Gasteiger partial charge in [-0.3, -0.25) is 14.4 Å². The van der Waals surface area contributed by atoms with Gasteiger partial charge >= 0.3 is 0 Å². The van der Waals surface area contributed by atoms with Crippen LogP contribution in [0.2, 0.25) is 0 Å². The van der Waals surface area contributed by atoms with Crippen molar-refractivity contribution in [1.82, 2.24) is 19.6 Å². The van der Waals surface area contributed by atoms with Crippen LogP contribution in [0.3, 0.4) is 0 Å². The molecular formula is C24H28N4O. The van der Waals surface area contributed by atoms with Crippen LogP contribution >= 0.6 is 0 Å². The average molecular weight is 389 g/mol. The third-order valence-electron chi connectivity index (χ3n) is 5.81. The highest BCUT2D eigenvalue weighted by molar-refractivity contribution is 5.93. The Bertz CT molecular complexity index is 1000. The third kappa shape index (κ3) is 4.25. The Kier molecular flexibility index (Phi) is 5.49. The number of carbonyl (C=O) groups excluding carboxylic acids is 1. The quantitative estimate of drug-likeness (QED) is 0.685. The zero-order valence-electron chi connectivity index (χ0n) is 17.4. The molecule has 0 radical (unpaired) electrons. The summed E-state index contributed by atoms with van der Waals surface area (Å²) in [5, 5.41) is 4.51. The monoisotopic (exact) mass is 388 g/mol. The molecule has 150 valence electrons. The van der Waals surface area contributed by atoms with E-state index >= 15 is 0 Å². The van der Waals surface area contributed by atoms with Crippen LogP contribution in [0.5, 0.6) is 0 Å². The Morgan fingerprint density at radius 3 is 2.34 bits per heavy atom. The smallest absolute Gasteiger partial charge is 0.274 e. The van der Waals surface area contributed by atoms with Crippen LogP contribution < -0.4 is 0 Å². The van der Waals surface area contributed by atoms with Crippen molar-refractivity contribution in [2.24, 2.45) is 7.05 Å². The van der Waals surface area contributed by atoms with Crippen LogP contribution in [0, 0.1) is 13.8 Å². The number of amides is 1. The van der Waals surface area contributed by atoms with Crippen LogP contribution in [0.4, 0.5) is 0 Å². The Hall–Kier alpha value is -2.92. The molecule has 5 nitrogen and oxygen atoms in total. The zero-order chi connectivity index (χ0) is 20.4. The number of aromatic nitrogens is 2. The molecule has 0 spiro atoms. The minimum atomic E-state index is 0.0232. The Balaban J connectivity index is 1.42. The highest BCUT2D eigenvalue weighted by Crippen LogP contribution is 2.23. The fourth-order valence-electron chi connectivity index (χ4n) is 3.86. The van der Waals surface area contributed by atoms with Crippen molar-refractivity contribution in [3.8, 4) is 11.3 Å². The first-order chi connectivity index (χ1) is 14.0. The number of piperazine rings is 1. The molecule has 1 amide bonds. The van der Waals surface area contributed by atoms with Crippen molar-refractivity contribution in [2.45, 2.75) is 20.4 Å². The number of carbonyl (C=O) groups is 1. The normalized spacial score (nSPS) is 14.9. The van der Waals surface area contributed by atoms with E-state index in [0.717, 1.165) is 44.0 Å². The van der Waals surface area contributed by atoms with Crippen LogP contribution in [0.1, 0.15) is 27.2 Å². The first-order valence-electron chi connectivity index (χ1n) is 10.2. The number of hydrogen-bond acceptors (Lipinski definition) is 3. The summed E-state index contributed by atoms with van der Waals surface area (Å²) in [6.45, 7) is 8.39. The van der Waals surface area contributed by atoms with Crippen molar-refractivity contribution < 1.29 is 4.79 Å². The first-order valence-corrected chi connectivity index (χ1v) is 10.2. The molecule has 0 atom stereocenters. The average Bonchev–Trinajstić information content (AvgIpc) is 3.12. The summed E-state index contributed by atoms with van der Waals surface area (Å²) in [4.78, 5) is 17.3. The maximum Gasteiger partial charge on any atom is 0.274 e. The zero-order valence-corrected chi connectivity index (χ0v) is 17.4. The van der Waals surface area contributed by atoms with Gasteiger partial charge in [0.1, 0.15) is 0 Å². The second kappa shape index (κ2) is 8.21. The van der Waals surface area contributed by atoms with Crippen LogP contribution in [0.25, 0.3) is 11.3 Å². The molecule has 4 rings (SSSR count). The molecule has 1 aromatic heterocycles. The maximum atomic E-state index is 13.0. The van der Waals surface area contributed by atoms with Gasteiger partial charge in [-0.05, 0) is 42.7 Å². The fraction of sp³-hybridized carbons (Fsp3) is 0.333. The van der Waals surface area contributed by atoms with E-state index in [1.165, 1.54) is 16.7 Å². The number of nitrogens with zero attached hydrogens (tertiary/aromatic N) is 4. The molecule has 0 bridgehead atoms. The standard InChI is InChI=1S/C24H28N4O/c1-18-9-10-21(15-19(18)2)23-16-22(25-26(23)3)24(29)28-13-11-27(12-14-28)17-20-7-5-4-6-8-20/h4-10,15-16H,11-14,17H2,1-3H3. The molecule has 0 unspecified atom stereocenters. The molecule has 0 N–H and O–H groups in total. The Morgan fingerprint density at radius 1 is 0.931 bits per heavy atom. The lowest BCUT2D eigenvalue weighted by Crippen LogP contribution is -2.48. The van der Waals surface area contributed by atoms with Gasteiger partial charge in [0.15, 0.2) is 5.69 Å². The molecule has 0 aliphatic carbocycles. The van der Waals surface area contributed by atoms with Gasteiger partial charge in [-0.15, -0.1) is 0 Å². The van der Waals surface area contributed by atoms with E-state index in [4.69, 9.17) is 0 Å². The summed E-state index contributed by atoms with van der Waals surface area (Å²) >= 11 is 0. The van der Waals surface area contributed by atoms with E-state index in [1.807, 2.05) is 28.8 Å². The summed E-state index contributed by atoms with van der Waals surface area (Å²) in [6, 6.07) is 18.8. The van der Waals surface area contributed by atoms with Gasteiger partial charge in [-0.2, -0.15) is 5.10 Å². The fourth-order valence-corrected chi connectivity index (χ4v) is 3.86. The molecule has 0 saturated carbocycles. The number of aryl methyl sites for hydroxylation is 3. The predicted molar refractivity (Wildman–Crippen MR) is 116 cm³/mol. The van der Waals surface area contributed by atoms with Crippen LogP contribution in [-0.2, 0) is 13.6 Å². The molecule has 1 fully saturated rings. The maximum absolute atomic E-state index is 13.0. The van der Waals surface area contributed by atoms with E-state index in [0.29, 0.717) is 5.69 Å². The van der Waals surface area contributed by atoms with Crippen molar-refractivity contribution in [1.29, 1.82) is 0 Å². The molecule has 29 heavy (non-hydrogen) atoms. The summed E-state index contributed by atoms with van der Waals surface area (Å²) < 4.78 is 1.81. The van der Waals surface area contributed by atoms with Gasteiger partial charge in [0.05, 0.1) is 5.69 Å². The lowest BCUT2D eigenvalue weighted by atomic mass is 10.0. The van der Waals surface area contributed by atoms with Gasteiger partial charge in [-0.1, -0.05) is 42.5 Å². The van der Waals surface area contributed by atoms with E-state index < -0.39 is 0 Å². The molecule has 5 heteroatoms. The molecular weight excluding hydrogens is 360 g/mol. The molecule has 1 aliphatic rings. The first kappa shape index (κ1) is 19.4. The van der Waals surface area contributed by atoms with Gasteiger partial charge in [0.2, 0.25) is 0 Å². The molecule has 1 aliphatic heterocycles. The number of benzene rings is 2. The topological polar surface area (TPSA) is 41.4 Å². The van der Waals surface area contributed by atoms with Crippen LogP contribution in [-0.4, -0.2) is 51.7 Å². The van der Waals surface area contributed by atoms with Crippen molar-refractivity contribution in [2.75, 3.05) is 26.2 Å². The summed E-state index contributed by atoms with van der Waals surface area (Å²) in [5.41, 5.74) is 6.41. The van der Waals surface area contributed by atoms with Gasteiger partial charge in [0.25, 0.3) is 5.91 Å². The Morgan fingerprint density at radius 2 is 1.66 bits per heavy atom. The minimum Gasteiger partial charge on any atom is -0.335 e. The second-order valence-corrected chi connectivity index (χ2v) is 7.89. The summed E-state index contributed by atoms with van der Waals surface area (Å²) in [7, 11) is 1.90. The van der Waals surface area contributed by atoms with E-state index in [1.54, 1.807) is 0 Å². The summed E-state index contributed by atoms with van der Waals surface area (Å²) in [6.07, 6.45) is 0. The lowest BCUT2D eigenvalue weighted by molar-refractivity contribution is 0.0622.